The van der Waals surface area contributed by atoms with E-state index in [1.807, 2.05) is 13.0 Å². The van der Waals surface area contributed by atoms with Crippen LogP contribution in [0.2, 0.25) is 0 Å². The average Bonchev–Trinajstić information content (AvgIpc) is 3.06. The van der Waals surface area contributed by atoms with Crippen LogP contribution in [-0.2, 0) is 11.3 Å². The first kappa shape index (κ1) is 14.8. The number of hydrogen-bond donors (Lipinski definition) is 1. The second-order valence-electron chi connectivity index (χ2n) is 4.49. The van der Waals surface area contributed by atoms with Crippen molar-refractivity contribution in [1.29, 1.82) is 0 Å². The van der Waals surface area contributed by atoms with Crippen molar-refractivity contribution in [3.63, 3.8) is 0 Å². The van der Waals surface area contributed by atoms with Crippen molar-refractivity contribution in [1.82, 2.24) is 9.88 Å². The van der Waals surface area contributed by atoms with Crippen molar-refractivity contribution in [2.24, 2.45) is 0 Å². The number of methoxy groups -OCH3 is 1. The zero-order valence-electron chi connectivity index (χ0n) is 11.8. The Kier molecular flexibility index (Phi) is 5.34. The van der Waals surface area contributed by atoms with Crippen LogP contribution < -0.4 is 0 Å². The van der Waals surface area contributed by atoms with Gasteiger partial charge in [-0.3, -0.25) is 4.90 Å². The van der Waals surface area contributed by atoms with Gasteiger partial charge in [-0.05, 0) is 19.1 Å². The number of rotatable bonds is 8. The van der Waals surface area contributed by atoms with E-state index >= 15 is 0 Å². The summed E-state index contributed by atoms with van der Waals surface area (Å²) in [5.74, 6) is 1.86. The van der Waals surface area contributed by atoms with E-state index in [4.69, 9.17) is 18.7 Å². The van der Waals surface area contributed by atoms with E-state index < -0.39 is 0 Å². The number of furan rings is 1. The summed E-state index contributed by atoms with van der Waals surface area (Å²) in [6, 6.07) is 3.61. The molecule has 20 heavy (non-hydrogen) atoms. The zero-order valence-corrected chi connectivity index (χ0v) is 11.8. The molecule has 2 rings (SSSR count). The van der Waals surface area contributed by atoms with E-state index in [9.17, 15) is 0 Å². The molecule has 2 aromatic rings. The van der Waals surface area contributed by atoms with Crippen molar-refractivity contribution in [3.8, 4) is 11.7 Å². The number of aromatic nitrogens is 1. The Labute approximate surface area is 118 Å². The molecule has 1 N–H and O–H groups in total. The molecule has 0 amide bonds. The van der Waals surface area contributed by atoms with E-state index in [2.05, 4.69) is 9.88 Å². The van der Waals surface area contributed by atoms with Gasteiger partial charge in [-0.25, -0.2) is 4.98 Å². The van der Waals surface area contributed by atoms with Gasteiger partial charge in [0, 0.05) is 26.7 Å². The minimum absolute atomic E-state index is 0.103. The molecule has 110 valence electrons. The molecule has 0 aliphatic carbocycles. The van der Waals surface area contributed by atoms with Gasteiger partial charge < -0.3 is 18.7 Å². The normalized spacial score (nSPS) is 11.4. The molecule has 0 fully saturated rings. The van der Waals surface area contributed by atoms with Gasteiger partial charge in [-0.1, -0.05) is 0 Å². The molecular formula is C14H20N2O4. The van der Waals surface area contributed by atoms with Crippen LogP contribution in [0, 0.1) is 6.92 Å². The fraction of sp³-hybridized carbons (Fsp3) is 0.500. The molecule has 0 aliphatic rings. The Bertz CT molecular complexity index is 507. The van der Waals surface area contributed by atoms with Gasteiger partial charge >= 0.3 is 0 Å². The summed E-state index contributed by atoms with van der Waals surface area (Å²) >= 11 is 0. The van der Waals surface area contributed by atoms with Gasteiger partial charge in [0.25, 0.3) is 5.89 Å². The fourth-order valence-corrected chi connectivity index (χ4v) is 1.92. The molecule has 6 heteroatoms. The SMILES string of the molecule is COCCN(CCO)Cc1nc(-c2ccco2)oc1C. The van der Waals surface area contributed by atoms with Crippen molar-refractivity contribution in [2.75, 3.05) is 33.4 Å². The van der Waals surface area contributed by atoms with Gasteiger partial charge in [0.1, 0.15) is 5.76 Å². The summed E-state index contributed by atoms with van der Waals surface area (Å²) in [4.78, 5) is 6.53. The third-order valence-corrected chi connectivity index (χ3v) is 3.03. The quantitative estimate of drug-likeness (QED) is 0.793. The molecule has 0 unspecified atom stereocenters. The second-order valence-corrected chi connectivity index (χ2v) is 4.49. The summed E-state index contributed by atoms with van der Waals surface area (Å²) in [7, 11) is 1.66. The third kappa shape index (κ3) is 3.69. The third-order valence-electron chi connectivity index (χ3n) is 3.03. The van der Waals surface area contributed by atoms with Crippen LogP contribution in [0.4, 0.5) is 0 Å². The first-order chi connectivity index (χ1) is 9.74. The van der Waals surface area contributed by atoms with E-state index in [1.165, 1.54) is 0 Å². The van der Waals surface area contributed by atoms with Crippen LogP contribution in [0.3, 0.4) is 0 Å². The summed E-state index contributed by atoms with van der Waals surface area (Å²) in [5, 5.41) is 9.10. The highest BCUT2D eigenvalue weighted by molar-refractivity contribution is 5.44. The maximum absolute atomic E-state index is 9.10. The van der Waals surface area contributed by atoms with Crippen molar-refractivity contribution in [2.45, 2.75) is 13.5 Å². The van der Waals surface area contributed by atoms with Crippen LogP contribution in [0.15, 0.2) is 27.2 Å². The lowest BCUT2D eigenvalue weighted by molar-refractivity contribution is 0.126. The number of aliphatic hydroxyl groups is 1. The Morgan fingerprint density at radius 2 is 2.25 bits per heavy atom. The van der Waals surface area contributed by atoms with Crippen LogP contribution in [-0.4, -0.2) is 48.4 Å². The van der Waals surface area contributed by atoms with Crippen molar-refractivity contribution >= 4 is 0 Å². The Morgan fingerprint density at radius 3 is 2.90 bits per heavy atom. The Balaban J connectivity index is 2.07. The van der Waals surface area contributed by atoms with Crippen LogP contribution >= 0.6 is 0 Å². The lowest BCUT2D eigenvalue weighted by Crippen LogP contribution is -2.30. The number of aliphatic hydroxyl groups excluding tert-OH is 1. The molecule has 2 heterocycles. The molecule has 0 bridgehead atoms. The number of aryl methyl sites for hydroxylation is 1. The molecule has 0 radical (unpaired) electrons. The average molecular weight is 280 g/mol. The molecule has 6 nitrogen and oxygen atoms in total. The highest BCUT2D eigenvalue weighted by atomic mass is 16.5. The number of hydrogen-bond acceptors (Lipinski definition) is 6. The molecule has 0 saturated carbocycles. The lowest BCUT2D eigenvalue weighted by Gasteiger charge is -2.19. The Morgan fingerprint density at radius 1 is 1.40 bits per heavy atom. The van der Waals surface area contributed by atoms with Gasteiger partial charge in [-0.15, -0.1) is 0 Å². The maximum atomic E-state index is 9.10. The Hall–Kier alpha value is -1.63. The van der Waals surface area contributed by atoms with Gasteiger partial charge in [0.2, 0.25) is 0 Å². The molecule has 0 spiro atoms. The van der Waals surface area contributed by atoms with E-state index in [0.29, 0.717) is 31.3 Å². The van der Waals surface area contributed by atoms with Crippen LogP contribution in [0.25, 0.3) is 11.7 Å². The largest absolute Gasteiger partial charge is 0.459 e. The molecule has 0 aromatic carbocycles. The molecule has 0 atom stereocenters. The monoisotopic (exact) mass is 280 g/mol. The van der Waals surface area contributed by atoms with Gasteiger partial charge in [0.15, 0.2) is 5.76 Å². The van der Waals surface area contributed by atoms with Crippen molar-refractivity contribution in [3.05, 3.63) is 29.9 Å². The maximum Gasteiger partial charge on any atom is 0.263 e. The predicted octanol–water partition coefficient (Wildman–Crippen LogP) is 1.68. The molecular weight excluding hydrogens is 260 g/mol. The van der Waals surface area contributed by atoms with Gasteiger partial charge in [0.05, 0.1) is 25.2 Å². The predicted molar refractivity (Wildman–Crippen MR) is 73.2 cm³/mol. The highest BCUT2D eigenvalue weighted by Gasteiger charge is 2.16. The van der Waals surface area contributed by atoms with E-state index in [1.54, 1.807) is 19.4 Å². The summed E-state index contributed by atoms with van der Waals surface area (Å²) in [5.41, 5.74) is 0.848. The summed E-state index contributed by atoms with van der Waals surface area (Å²) in [6.07, 6.45) is 1.59. The number of oxazole rings is 1. The van der Waals surface area contributed by atoms with Crippen LogP contribution in [0.1, 0.15) is 11.5 Å². The first-order valence-corrected chi connectivity index (χ1v) is 6.57. The topological polar surface area (TPSA) is 71.9 Å². The van der Waals surface area contributed by atoms with Crippen LogP contribution in [0.5, 0.6) is 0 Å². The minimum atomic E-state index is 0.103. The standard InChI is InChI=1S/C14H20N2O4/c1-11-12(10-16(5-7-17)6-9-18-2)15-14(20-11)13-4-3-8-19-13/h3-4,8,17H,5-7,9-10H2,1-2H3. The highest BCUT2D eigenvalue weighted by Crippen LogP contribution is 2.22. The number of ether oxygens (including phenoxy) is 1. The molecule has 0 saturated heterocycles. The molecule has 0 aliphatic heterocycles. The van der Waals surface area contributed by atoms with E-state index in [-0.39, 0.29) is 6.61 Å². The van der Waals surface area contributed by atoms with Gasteiger partial charge in [-0.2, -0.15) is 0 Å². The summed E-state index contributed by atoms with van der Waals surface area (Å²) < 4.78 is 16.0. The summed E-state index contributed by atoms with van der Waals surface area (Å²) in [6.45, 7) is 4.51. The fourth-order valence-electron chi connectivity index (χ4n) is 1.92. The van der Waals surface area contributed by atoms with E-state index in [0.717, 1.165) is 18.0 Å². The number of nitrogens with zero attached hydrogens (tertiary/aromatic N) is 2. The van der Waals surface area contributed by atoms with Crippen molar-refractivity contribution < 1.29 is 18.7 Å². The minimum Gasteiger partial charge on any atom is -0.459 e. The second kappa shape index (κ2) is 7.23. The molecule has 2 aromatic heterocycles. The first-order valence-electron chi connectivity index (χ1n) is 6.57. The zero-order chi connectivity index (χ0) is 14.4. The smallest absolute Gasteiger partial charge is 0.263 e. The lowest BCUT2D eigenvalue weighted by atomic mass is 10.3.